The molecule has 0 bridgehead atoms. The SMILES string of the molecule is COc1nn(C)cc1C(=O)N(C)CC(=O)Nc1cccc(NC(C)=O)c1. The molecule has 1 heterocycles. The van der Waals surface area contributed by atoms with E-state index in [4.69, 9.17) is 4.74 Å². The highest BCUT2D eigenvalue weighted by atomic mass is 16.5. The van der Waals surface area contributed by atoms with E-state index < -0.39 is 0 Å². The van der Waals surface area contributed by atoms with Crippen LogP contribution in [0, 0.1) is 0 Å². The molecule has 2 aromatic rings. The molecule has 0 fully saturated rings. The van der Waals surface area contributed by atoms with Gasteiger partial charge in [0.25, 0.3) is 5.91 Å². The van der Waals surface area contributed by atoms with Crippen molar-refractivity contribution in [2.75, 3.05) is 31.3 Å². The summed E-state index contributed by atoms with van der Waals surface area (Å²) >= 11 is 0. The van der Waals surface area contributed by atoms with E-state index in [1.54, 1.807) is 31.3 Å². The summed E-state index contributed by atoms with van der Waals surface area (Å²) in [5, 5.41) is 9.35. The Balaban J connectivity index is 2.00. The highest BCUT2D eigenvalue weighted by Gasteiger charge is 2.21. The molecule has 1 aromatic carbocycles. The van der Waals surface area contributed by atoms with E-state index >= 15 is 0 Å². The molecule has 3 amide bonds. The number of likely N-dealkylation sites (N-methyl/N-ethyl adjacent to an activating group) is 1. The Morgan fingerprint density at radius 2 is 1.88 bits per heavy atom. The molecule has 138 valence electrons. The summed E-state index contributed by atoms with van der Waals surface area (Å²) in [5.41, 5.74) is 1.36. The number of benzene rings is 1. The Kier molecular flexibility index (Phi) is 5.94. The van der Waals surface area contributed by atoms with Gasteiger partial charge in [-0.15, -0.1) is 5.10 Å². The van der Waals surface area contributed by atoms with Crippen LogP contribution in [0.25, 0.3) is 0 Å². The number of ether oxygens (including phenoxy) is 1. The molecule has 26 heavy (non-hydrogen) atoms. The van der Waals surface area contributed by atoms with Crippen molar-refractivity contribution in [3.05, 3.63) is 36.0 Å². The van der Waals surface area contributed by atoms with Crippen molar-refractivity contribution in [1.82, 2.24) is 14.7 Å². The van der Waals surface area contributed by atoms with Crippen molar-refractivity contribution in [1.29, 1.82) is 0 Å². The number of amides is 3. The summed E-state index contributed by atoms with van der Waals surface area (Å²) in [6.45, 7) is 1.25. The predicted octanol–water partition coefficient (Wildman–Crippen LogP) is 1.10. The molecule has 9 heteroatoms. The van der Waals surface area contributed by atoms with Crippen LogP contribution < -0.4 is 15.4 Å². The van der Waals surface area contributed by atoms with E-state index in [-0.39, 0.29) is 35.7 Å². The Labute approximate surface area is 150 Å². The lowest BCUT2D eigenvalue weighted by Crippen LogP contribution is -2.35. The van der Waals surface area contributed by atoms with Crippen LogP contribution in [0.3, 0.4) is 0 Å². The van der Waals surface area contributed by atoms with Gasteiger partial charge in [-0.25, -0.2) is 0 Å². The number of hydrogen-bond donors (Lipinski definition) is 2. The standard InChI is InChI=1S/C17H21N5O4/c1-11(23)18-12-6-5-7-13(8-12)19-15(24)10-21(2)17(25)14-9-22(3)20-16(14)26-4/h5-9H,10H2,1-4H3,(H,18,23)(H,19,24). The maximum atomic E-state index is 12.5. The molecule has 9 nitrogen and oxygen atoms in total. The van der Waals surface area contributed by atoms with Crippen LogP contribution in [0.2, 0.25) is 0 Å². The second kappa shape index (κ2) is 8.15. The number of carbonyl (C=O) groups excluding carboxylic acids is 3. The molecule has 1 aromatic heterocycles. The van der Waals surface area contributed by atoms with Crippen molar-refractivity contribution in [3.63, 3.8) is 0 Å². The highest BCUT2D eigenvalue weighted by molar-refractivity contribution is 6.00. The van der Waals surface area contributed by atoms with Crippen molar-refractivity contribution >= 4 is 29.1 Å². The maximum Gasteiger partial charge on any atom is 0.261 e. The van der Waals surface area contributed by atoms with Crippen LogP contribution in [0.15, 0.2) is 30.5 Å². The van der Waals surface area contributed by atoms with Gasteiger partial charge in [0.05, 0.1) is 13.7 Å². The fraction of sp³-hybridized carbons (Fsp3) is 0.294. The normalized spacial score (nSPS) is 10.2. The van der Waals surface area contributed by atoms with Crippen molar-refractivity contribution in [3.8, 4) is 5.88 Å². The molecule has 2 rings (SSSR count). The molecular weight excluding hydrogens is 338 g/mol. The first-order chi connectivity index (χ1) is 12.3. The van der Waals surface area contributed by atoms with E-state index in [1.807, 2.05) is 0 Å². The lowest BCUT2D eigenvalue weighted by molar-refractivity contribution is -0.116. The third-order valence-electron chi connectivity index (χ3n) is 3.41. The number of nitrogens with zero attached hydrogens (tertiary/aromatic N) is 3. The summed E-state index contributed by atoms with van der Waals surface area (Å²) in [6, 6.07) is 6.73. The first kappa shape index (κ1) is 19.0. The van der Waals surface area contributed by atoms with E-state index in [0.717, 1.165) is 0 Å². The number of rotatable bonds is 6. The monoisotopic (exact) mass is 359 g/mol. The van der Waals surface area contributed by atoms with Gasteiger partial charge in [-0.1, -0.05) is 6.07 Å². The molecule has 0 aliphatic heterocycles. The minimum atomic E-state index is -0.378. The van der Waals surface area contributed by atoms with Gasteiger partial charge in [0.15, 0.2) is 0 Å². The number of hydrogen-bond acceptors (Lipinski definition) is 5. The van der Waals surface area contributed by atoms with Crippen LogP contribution in [-0.2, 0) is 16.6 Å². The lowest BCUT2D eigenvalue weighted by atomic mass is 10.2. The lowest BCUT2D eigenvalue weighted by Gasteiger charge is -2.16. The van der Waals surface area contributed by atoms with Gasteiger partial charge in [-0.05, 0) is 18.2 Å². The topological polar surface area (TPSA) is 106 Å². The van der Waals surface area contributed by atoms with E-state index in [1.165, 1.54) is 36.9 Å². The zero-order valence-electron chi connectivity index (χ0n) is 15.1. The fourth-order valence-electron chi connectivity index (χ4n) is 2.34. The van der Waals surface area contributed by atoms with E-state index in [9.17, 15) is 14.4 Å². The average Bonchev–Trinajstić information content (AvgIpc) is 2.94. The smallest absolute Gasteiger partial charge is 0.261 e. The summed E-state index contributed by atoms with van der Waals surface area (Å²) in [6.07, 6.45) is 1.53. The number of nitrogens with one attached hydrogen (secondary N) is 2. The second-order valence-electron chi connectivity index (χ2n) is 5.70. The summed E-state index contributed by atoms with van der Waals surface area (Å²) in [7, 11) is 4.62. The van der Waals surface area contributed by atoms with Gasteiger partial charge in [-0.2, -0.15) is 0 Å². The van der Waals surface area contributed by atoms with Gasteiger partial charge in [-0.3, -0.25) is 19.1 Å². The molecule has 0 atom stereocenters. The average molecular weight is 359 g/mol. The first-order valence-electron chi connectivity index (χ1n) is 7.80. The van der Waals surface area contributed by atoms with Crippen molar-refractivity contribution in [2.24, 2.45) is 7.05 Å². The Bertz CT molecular complexity index is 830. The van der Waals surface area contributed by atoms with E-state index in [2.05, 4.69) is 15.7 Å². The minimum Gasteiger partial charge on any atom is -0.479 e. The molecule has 0 saturated heterocycles. The van der Waals surface area contributed by atoms with Gasteiger partial charge in [0.2, 0.25) is 17.7 Å². The molecule has 0 unspecified atom stereocenters. The second-order valence-corrected chi connectivity index (χ2v) is 5.70. The van der Waals surface area contributed by atoms with Crippen LogP contribution >= 0.6 is 0 Å². The number of carbonyl (C=O) groups is 3. The third kappa shape index (κ3) is 4.82. The zero-order chi connectivity index (χ0) is 19.3. The highest BCUT2D eigenvalue weighted by Crippen LogP contribution is 2.17. The van der Waals surface area contributed by atoms with Gasteiger partial charge >= 0.3 is 0 Å². The van der Waals surface area contributed by atoms with Crippen molar-refractivity contribution < 1.29 is 19.1 Å². The number of aryl methyl sites for hydroxylation is 1. The number of anilines is 2. The molecule has 2 N–H and O–H groups in total. The summed E-state index contributed by atoms with van der Waals surface area (Å²) < 4.78 is 6.53. The quantitative estimate of drug-likeness (QED) is 0.803. The zero-order valence-corrected chi connectivity index (χ0v) is 15.1. The Morgan fingerprint density at radius 1 is 1.23 bits per heavy atom. The Hall–Kier alpha value is -3.36. The van der Waals surface area contributed by atoms with Crippen LogP contribution in [0.1, 0.15) is 17.3 Å². The minimum absolute atomic E-state index is 0.152. The summed E-state index contributed by atoms with van der Waals surface area (Å²) in [4.78, 5) is 37.0. The fourth-order valence-corrected chi connectivity index (χ4v) is 2.34. The maximum absolute atomic E-state index is 12.5. The van der Waals surface area contributed by atoms with Gasteiger partial charge in [0.1, 0.15) is 5.56 Å². The van der Waals surface area contributed by atoms with Crippen LogP contribution in [-0.4, -0.2) is 53.1 Å². The molecular formula is C17H21N5O4. The predicted molar refractivity (Wildman–Crippen MR) is 96.1 cm³/mol. The largest absolute Gasteiger partial charge is 0.479 e. The molecule has 0 spiro atoms. The number of aromatic nitrogens is 2. The number of methoxy groups -OCH3 is 1. The van der Waals surface area contributed by atoms with Crippen molar-refractivity contribution in [2.45, 2.75) is 6.92 Å². The van der Waals surface area contributed by atoms with E-state index in [0.29, 0.717) is 11.4 Å². The molecule has 0 radical (unpaired) electrons. The van der Waals surface area contributed by atoms with Gasteiger partial charge < -0.3 is 20.3 Å². The third-order valence-corrected chi connectivity index (χ3v) is 3.41. The molecule has 0 aliphatic carbocycles. The molecule has 0 aliphatic rings. The first-order valence-corrected chi connectivity index (χ1v) is 7.80. The Morgan fingerprint density at radius 3 is 2.50 bits per heavy atom. The summed E-state index contributed by atoms with van der Waals surface area (Å²) in [5.74, 6) is -0.752. The van der Waals surface area contributed by atoms with Crippen LogP contribution in [0.5, 0.6) is 5.88 Å². The molecule has 0 saturated carbocycles. The van der Waals surface area contributed by atoms with Crippen LogP contribution in [0.4, 0.5) is 11.4 Å². The van der Waals surface area contributed by atoms with Gasteiger partial charge in [0, 0.05) is 38.6 Å².